The summed E-state index contributed by atoms with van der Waals surface area (Å²) in [6.07, 6.45) is 0.711. The Balaban J connectivity index is 2.36. The maximum Gasteiger partial charge on any atom is 0.303 e. The second-order valence-electron chi connectivity index (χ2n) is 4.25. The molecule has 1 unspecified atom stereocenters. The van der Waals surface area contributed by atoms with Crippen LogP contribution in [0.5, 0.6) is 0 Å². The van der Waals surface area contributed by atoms with E-state index in [2.05, 4.69) is 27.9 Å². The Morgan fingerprint density at radius 2 is 1.94 bits per heavy atom. The molecule has 0 fully saturated rings. The first kappa shape index (κ1) is 14.9. The van der Waals surface area contributed by atoms with Crippen molar-refractivity contribution >= 4 is 34.5 Å². The van der Waals surface area contributed by atoms with Gasteiger partial charge < -0.3 is 10.4 Å². The van der Waals surface area contributed by atoms with Crippen LogP contribution >= 0.6 is 22.6 Å². The van der Waals surface area contributed by atoms with Crippen molar-refractivity contribution in [1.82, 2.24) is 5.32 Å². The van der Waals surface area contributed by atoms with Crippen LogP contribution in [0.25, 0.3) is 0 Å². The van der Waals surface area contributed by atoms with E-state index in [1.54, 1.807) is 12.1 Å². The van der Waals surface area contributed by atoms with Gasteiger partial charge in [0.25, 0.3) is 5.91 Å². The van der Waals surface area contributed by atoms with Crippen molar-refractivity contribution in [2.24, 2.45) is 5.92 Å². The van der Waals surface area contributed by atoms with Crippen LogP contribution in [0.15, 0.2) is 24.3 Å². The molecule has 5 heteroatoms. The van der Waals surface area contributed by atoms with Gasteiger partial charge in [-0.15, -0.1) is 0 Å². The summed E-state index contributed by atoms with van der Waals surface area (Å²) in [6.45, 7) is 2.43. The molecule has 0 aliphatic carbocycles. The number of carboxylic acid groups (broad SMARTS) is 1. The Morgan fingerprint density at radius 3 is 2.50 bits per heavy atom. The van der Waals surface area contributed by atoms with E-state index in [9.17, 15) is 9.59 Å². The molecule has 1 aromatic carbocycles. The number of nitrogens with one attached hydrogen (secondary N) is 1. The summed E-state index contributed by atoms with van der Waals surface area (Å²) in [4.78, 5) is 22.2. The molecule has 0 heterocycles. The van der Waals surface area contributed by atoms with Crippen LogP contribution in [0.1, 0.15) is 30.1 Å². The fourth-order valence-electron chi connectivity index (χ4n) is 1.44. The van der Waals surface area contributed by atoms with Gasteiger partial charge in [0.1, 0.15) is 0 Å². The number of hydrogen-bond acceptors (Lipinski definition) is 2. The summed E-state index contributed by atoms with van der Waals surface area (Å²) in [5.74, 6) is -0.756. The number of rotatable bonds is 6. The first-order chi connectivity index (χ1) is 8.49. The van der Waals surface area contributed by atoms with Crippen LogP contribution in [0.4, 0.5) is 0 Å². The first-order valence-electron chi connectivity index (χ1n) is 5.74. The monoisotopic (exact) mass is 361 g/mol. The third-order valence-corrected chi connectivity index (χ3v) is 3.29. The average Bonchev–Trinajstić information content (AvgIpc) is 2.34. The number of halogens is 1. The zero-order valence-electron chi connectivity index (χ0n) is 10.1. The highest BCUT2D eigenvalue weighted by Gasteiger charge is 2.09. The van der Waals surface area contributed by atoms with E-state index in [1.165, 1.54) is 0 Å². The van der Waals surface area contributed by atoms with Crippen molar-refractivity contribution in [2.75, 3.05) is 6.54 Å². The molecule has 2 N–H and O–H groups in total. The normalized spacial score (nSPS) is 11.9. The van der Waals surface area contributed by atoms with Gasteiger partial charge in [-0.05, 0) is 59.2 Å². The van der Waals surface area contributed by atoms with Crippen molar-refractivity contribution < 1.29 is 14.7 Å². The molecule has 1 aromatic rings. The molecule has 0 radical (unpaired) electrons. The van der Waals surface area contributed by atoms with Crippen LogP contribution in [0.3, 0.4) is 0 Å². The van der Waals surface area contributed by atoms with E-state index in [4.69, 9.17) is 5.11 Å². The molecule has 1 amide bonds. The molecular formula is C13H16INO3. The van der Waals surface area contributed by atoms with Gasteiger partial charge in [0.2, 0.25) is 0 Å². The second-order valence-corrected chi connectivity index (χ2v) is 5.50. The minimum absolute atomic E-state index is 0.117. The summed E-state index contributed by atoms with van der Waals surface area (Å²) >= 11 is 2.18. The summed E-state index contributed by atoms with van der Waals surface area (Å²) in [5, 5.41) is 11.4. The number of aliphatic carboxylic acids is 1. The minimum Gasteiger partial charge on any atom is -0.481 e. The molecule has 0 saturated carbocycles. The van der Waals surface area contributed by atoms with E-state index in [1.807, 2.05) is 19.1 Å². The molecule has 0 bridgehead atoms. The summed E-state index contributed by atoms with van der Waals surface area (Å²) in [5.41, 5.74) is 0.626. The number of carbonyl (C=O) groups is 2. The first-order valence-corrected chi connectivity index (χ1v) is 6.82. The highest BCUT2D eigenvalue weighted by atomic mass is 127. The highest BCUT2D eigenvalue weighted by molar-refractivity contribution is 14.1. The lowest BCUT2D eigenvalue weighted by atomic mass is 10.1. The van der Waals surface area contributed by atoms with Crippen LogP contribution < -0.4 is 5.32 Å². The zero-order chi connectivity index (χ0) is 13.5. The maximum absolute atomic E-state index is 11.8. The van der Waals surface area contributed by atoms with Gasteiger partial charge >= 0.3 is 5.97 Å². The summed E-state index contributed by atoms with van der Waals surface area (Å²) in [7, 11) is 0. The molecule has 0 spiro atoms. The lowest BCUT2D eigenvalue weighted by Gasteiger charge is -2.11. The largest absolute Gasteiger partial charge is 0.481 e. The Labute approximate surface area is 120 Å². The molecule has 1 atom stereocenters. The molecular weight excluding hydrogens is 345 g/mol. The van der Waals surface area contributed by atoms with Crippen LogP contribution in [-0.2, 0) is 4.79 Å². The lowest BCUT2D eigenvalue weighted by molar-refractivity contribution is -0.137. The van der Waals surface area contributed by atoms with Gasteiger partial charge in [-0.1, -0.05) is 6.92 Å². The lowest BCUT2D eigenvalue weighted by Crippen LogP contribution is -2.28. The minimum atomic E-state index is -0.800. The fourth-order valence-corrected chi connectivity index (χ4v) is 1.80. The Hall–Kier alpha value is -1.11. The molecule has 98 valence electrons. The van der Waals surface area contributed by atoms with E-state index in [-0.39, 0.29) is 18.2 Å². The Morgan fingerprint density at radius 1 is 1.33 bits per heavy atom. The topological polar surface area (TPSA) is 66.4 Å². The van der Waals surface area contributed by atoms with Crippen molar-refractivity contribution in [3.63, 3.8) is 0 Å². The Kier molecular flexibility index (Phi) is 6.11. The molecule has 0 aliphatic rings. The van der Waals surface area contributed by atoms with Crippen molar-refractivity contribution in [3.8, 4) is 0 Å². The second kappa shape index (κ2) is 7.35. The molecule has 4 nitrogen and oxygen atoms in total. The van der Waals surface area contributed by atoms with Crippen molar-refractivity contribution in [1.29, 1.82) is 0 Å². The van der Waals surface area contributed by atoms with E-state index >= 15 is 0 Å². The van der Waals surface area contributed by atoms with Crippen LogP contribution in [0, 0.1) is 9.49 Å². The van der Waals surface area contributed by atoms with Gasteiger partial charge in [0, 0.05) is 22.1 Å². The van der Waals surface area contributed by atoms with Gasteiger partial charge in [0.05, 0.1) is 0 Å². The Bertz CT molecular complexity index is 417. The van der Waals surface area contributed by atoms with E-state index in [0.29, 0.717) is 18.5 Å². The van der Waals surface area contributed by atoms with Gasteiger partial charge in [-0.25, -0.2) is 0 Å². The molecule has 0 aliphatic heterocycles. The summed E-state index contributed by atoms with van der Waals surface area (Å²) < 4.78 is 1.08. The fraction of sp³-hybridized carbons (Fsp3) is 0.385. The van der Waals surface area contributed by atoms with Crippen LogP contribution in [0.2, 0.25) is 0 Å². The third-order valence-electron chi connectivity index (χ3n) is 2.57. The number of carbonyl (C=O) groups excluding carboxylic acids is 1. The maximum atomic E-state index is 11.8. The quantitative estimate of drug-likeness (QED) is 0.766. The molecule has 1 rings (SSSR count). The smallest absolute Gasteiger partial charge is 0.303 e. The third kappa shape index (κ3) is 5.48. The van der Waals surface area contributed by atoms with Crippen molar-refractivity contribution in [2.45, 2.75) is 19.8 Å². The van der Waals surface area contributed by atoms with Gasteiger partial charge in [0.15, 0.2) is 0 Å². The predicted octanol–water partition coefficient (Wildman–Crippen LogP) is 2.52. The van der Waals surface area contributed by atoms with E-state index in [0.717, 1.165) is 3.57 Å². The predicted molar refractivity (Wildman–Crippen MR) is 77.5 cm³/mol. The highest BCUT2D eigenvalue weighted by Crippen LogP contribution is 2.08. The number of benzene rings is 1. The SMILES string of the molecule is CC(CCC(=O)O)CNC(=O)c1ccc(I)cc1. The van der Waals surface area contributed by atoms with Gasteiger partial charge in [-0.3, -0.25) is 9.59 Å². The average molecular weight is 361 g/mol. The van der Waals surface area contributed by atoms with Gasteiger partial charge in [-0.2, -0.15) is 0 Å². The molecule has 0 saturated heterocycles. The van der Waals surface area contributed by atoms with E-state index < -0.39 is 5.97 Å². The van der Waals surface area contributed by atoms with Crippen LogP contribution in [-0.4, -0.2) is 23.5 Å². The summed E-state index contributed by atoms with van der Waals surface area (Å²) in [6, 6.07) is 7.31. The standard InChI is InChI=1S/C13H16INO3/c1-9(2-7-12(16)17)8-15-13(18)10-3-5-11(14)6-4-10/h3-6,9H,2,7-8H2,1H3,(H,15,18)(H,16,17). The number of hydrogen-bond donors (Lipinski definition) is 2. The molecule has 0 aromatic heterocycles. The number of carboxylic acids is 1. The molecule has 18 heavy (non-hydrogen) atoms. The number of amides is 1. The zero-order valence-corrected chi connectivity index (χ0v) is 12.3. The van der Waals surface area contributed by atoms with Crippen molar-refractivity contribution in [3.05, 3.63) is 33.4 Å².